The fourth-order valence-electron chi connectivity index (χ4n) is 1.22. The zero-order valence-corrected chi connectivity index (χ0v) is 10.7. The molecule has 2 heterocycles. The maximum atomic E-state index is 11.4. The summed E-state index contributed by atoms with van der Waals surface area (Å²) in [6, 6.07) is 0. The van der Waals surface area contributed by atoms with Gasteiger partial charge in [0.05, 0.1) is 9.93 Å². The lowest BCUT2D eigenvalue weighted by atomic mass is 10.3. The topological polar surface area (TPSA) is 46.9 Å². The van der Waals surface area contributed by atoms with Gasteiger partial charge in [0.25, 0.3) is 5.91 Å². The number of thioether (sulfide) groups is 1. The number of hydrogen-bond acceptors (Lipinski definition) is 4. The Balaban J connectivity index is 2.32. The molecule has 0 radical (unpaired) electrons. The van der Waals surface area contributed by atoms with Gasteiger partial charge in [0.2, 0.25) is 0 Å². The van der Waals surface area contributed by atoms with Crippen LogP contribution in [0.15, 0.2) is 11.1 Å². The van der Waals surface area contributed by atoms with Crippen molar-refractivity contribution in [3.05, 3.63) is 21.8 Å². The molecule has 7 heteroatoms. The highest BCUT2D eigenvalue weighted by atomic mass is 35.5. The Bertz CT molecular complexity index is 495. The van der Waals surface area contributed by atoms with Crippen LogP contribution in [0.2, 0.25) is 5.02 Å². The number of amides is 1. The molecule has 0 aromatic carbocycles. The quantitative estimate of drug-likeness (QED) is 0.662. The van der Waals surface area contributed by atoms with Crippen LogP contribution in [0, 0.1) is 0 Å². The Hall–Kier alpha value is -0.850. The average molecular weight is 274 g/mol. The van der Waals surface area contributed by atoms with Crippen LogP contribution in [0.3, 0.4) is 0 Å². The van der Waals surface area contributed by atoms with E-state index in [1.807, 2.05) is 6.92 Å². The third-order valence-electron chi connectivity index (χ3n) is 1.98. The molecule has 0 aliphatic carbocycles. The smallest absolute Gasteiger partial charge is 0.263 e. The predicted molar refractivity (Wildman–Crippen MR) is 69.2 cm³/mol. The fourth-order valence-corrected chi connectivity index (χ4v) is 2.44. The summed E-state index contributed by atoms with van der Waals surface area (Å²) >= 11 is 12.1. The van der Waals surface area contributed by atoms with Crippen LogP contribution in [0.5, 0.6) is 0 Å². The van der Waals surface area contributed by atoms with E-state index < -0.39 is 0 Å². The summed E-state index contributed by atoms with van der Waals surface area (Å²) in [7, 11) is 0. The zero-order chi connectivity index (χ0) is 11.7. The highest BCUT2D eigenvalue weighted by Crippen LogP contribution is 2.27. The number of nitrogens with zero attached hydrogens (tertiary/aromatic N) is 2. The van der Waals surface area contributed by atoms with Gasteiger partial charge in [-0.2, -0.15) is 5.10 Å². The van der Waals surface area contributed by atoms with Crippen molar-refractivity contribution in [2.75, 3.05) is 0 Å². The molecule has 1 amide bonds. The Kier molecular flexibility index (Phi) is 3.32. The van der Waals surface area contributed by atoms with E-state index in [1.54, 1.807) is 17.0 Å². The molecule has 0 spiro atoms. The van der Waals surface area contributed by atoms with Crippen LogP contribution in [0.1, 0.15) is 12.6 Å². The monoisotopic (exact) mass is 273 g/mol. The highest BCUT2D eigenvalue weighted by Gasteiger charge is 2.22. The van der Waals surface area contributed by atoms with Gasteiger partial charge in [0.15, 0.2) is 0 Å². The zero-order valence-electron chi connectivity index (χ0n) is 8.36. The van der Waals surface area contributed by atoms with Gasteiger partial charge in [-0.3, -0.25) is 9.48 Å². The maximum absolute atomic E-state index is 11.4. The molecule has 1 aromatic heterocycles. The Morgan fingerprint density at radius 3 is 3.00 bits per heavy atom. The van der Waals surface area contributed by atoms with E-state index in [9.17, 15) is 4.79 Å². The molecule has 2 rings (SSSR count). The summed E-state index contributed by atoms with van der Waals surface area (Å²) in [6.45, 7) is 2.70. The third kappa shape index (κ3) is 2.28. The number of thiocarbonyl (C=S) groups is 1. The Labute approximate surface area is 107 Å². The molecule has 1 aliphatic heterocycles. The molecule has 0 unspecified atom stereocenters. The molecule has 1 N–H and O–H groups in total. The average Bonchev–Trinajstić information content (AvgIpc) is 2.72. The van der Waals surface area contributed by atoms with Crippen molar-refractivity contribution in [2.24, 2.45) is 0 Å². The van der Waals surface area contributed by atoms with Crippen LogP contribution >= 0.6 is 35.6 Å². The van der Waals surface area contributed by atoms with Crippen molar-refractivity contribution in [3.63, 3.8) is 0 Å². The van der Waals surface area contributed by atoms with Crippen LogP contribution in [-0.2, 0) is 11.3 Å². The molecule has 1 aliphatic rings. The largest absolute Gasteiger partial charge is 0.307 e. The predicted octanol–water partition coefficient (Wildman–Crippen LogP) is 2.05. The van der Waals surface area contributed by atoms with Crippen molar-refractivity contribution in [2.45, 2.75) is 13.5 Å². The standard InChI is InChI=1S/C9H8ClN3OS2/c1-2-13-4-5(10)6(12-13)3-7-8(14)11-9(15)16-7/h3-4H,2H2,1H3,(H,11,14,15)/b7-3-. The minimum Gasteiger partial charge on any atom is -0.307 e. The van der Waals surface area contributed by atoms with Crippen LogP contribution in [0.25, 0.3) is 6.08 Å². The van der Waals surface area contributed by atoms with E-state index in [1.165, 1.54) is 11.8 Å². The number of halogens is 1. The minimum absolute atomic E-state index is 0.197. The van der Waals surface area contributed by atoms with Crippen molar-refractivity contribution < 1.29 is 4.79 Å². The summed E-state index contributed by atoms with van der Waals surface area (Å²) in [5.74, 6) is -0.197. The normalized spacial score (nSPS) is 18.2. The van der Waals surface area contributed by atoms with E-state index in [-0.39, 0.29) is 5.91 Å². The number of carbonyl (C=O) groups excluding carboxylic acids is 1. The van der Waals surface area contributed by atoms with Gasteiger partial charge >= 0.3 is 0 Å². The summed E-state index contributed by atoms with van der Waals surface area (Å²) in [5, 5.41) is 7.29. The van der Waals surface area contributed by atoms with Gasteiger partial charge in [0, 0.05) is 12.7 Å². The van der Waals surface area contributed by atoms with Crippen molar-refractivity contribution in [1.29, 1.82) is 0 Å². The van der Waals surface area contributed by atoms with Gasteiger partial charge in [-0.05, 0) is 13.0 Å². The molecule has 16 heavy (non-hydrogen) atoms. The van der Waals surface area contributed by atoms with Crippen LogP contribution in [0.4, 0.5) is 0 Å². The molecular weight excluding hydrogens is 266 g/mol. The number of nitrogens with one attached hydrogen (secondary N) is 1. The first-order chi connectivity index (χ1) is 7.60. The number of aryl methyl sites for hydroxylation is 1. The molecule has 0 bridgehead atoms. The van der Waals surface area contributed by atoms with Gasteiger partial charge in [-0.25, -0.2) is 0 Å². The number of aromatic nitrogens is 2. The van der Waals surface area contributed by atoms with Gasteiger partial charge in [0.1, 0.15) is 10.0 Å². The van der Waals surface area contributed by atoms with Crippen LogP contribution in [-0.4, -0.2) is 20.0 Å². The summed E-state index contributed by atoms with van der Waals surface area (Å²) in [6.07, 6.45) is 3.37. The molecule has 1 saturated heterocycles. The lowest BCUT2D eigenvalue weighted by Crippen LogP contribution is -2.17. The highest BCUT2D eigenvalue weighted by molar-refractivity contribution is 8.26. The maximum Gasteiger partial charge on any atom is 0.263 e. The number of carbonyl (C=O) groups is 1. The third-order valence-corrected chi connectivity index (χ3v) is 3.43. The molecule has 1 aromatic rings. The van der Waals surface area contributed by atoms with Gasteiger partial charge < -0.3 is 5.32 Å². The number of hydrogen-bond donors (Lipinski definition) is 1. The fraction of sp³-hybridized carbons (Fsp3) is 0.222. The lowest BCUT2D eigenvalue weighted by Gasteiger charge is -1.91. The van der Waals surface area contributed by atoms with Gasteiger partial charge in [-0.1, -0.05) is 35.6 Å². The van der Waals surface area contributed by atoms with Crippen molar-refractivity contribution >= 4 is 51.9 Å². The van der Waals surface area contributed by atoms with E-state index >= 15 is 0 Å². The van der Waals surface area contributed by atoms with E-state index in [0.29, 0.717) is 19.9 Å². The first kappa shape index (κ1) is 11.6. The van der Waals surface area contributed by atoms with E-state index in [2.05, 4.69) is 10.4 Å². The second-order valence-corrected chi connectivity index (χ2v) is 5.20. The van der Waals surface area contributed by atoms with Gasteiger partial charge in [-0.15, -0.1) is 0 Å². The van der Waals surface area contributed by atoms with Crippen molar-refractivity contribution in [1.82, 2.24) is 15.1 Å². The minimum atomic E-state index is -0.197. The molecule has 4 nitrogen and oxygen atoms in total. The SMILES string of the molecule is CCn1cc(Cl)c(/C=C2\SC(=S)NC2=O)n1. The van der Waals surface area contributed by atoms with E-state index in [0.717, 1.165) is 6.54 Å². The summed E-state index contributed by atoms with van der Waals surface area (Å²) < 4.78 is 2.17. The molecule has 84 valence electrons. The Morgan fingerprint density at radius 2 is 2.50 bits per heavy atom. The number of rotatable bonds is 2. The molecule has 1 fully saturated rings. The first-order valence-corrected chi connectivity index (χ1v) is 6.18. The summed E-state index contributed by atoms with van der Waals surface area (Å²) in [4.78, 5) is 11.9. The summed E-state index contributed by atoms with van der Waals surface area (Å²) in [5.41, 5.74) is 0.589. The molecule has 0 saturated carbocycles. The first-order valence-electron chi connectivity index (χ1n) is 4.58. The van der Waals surface area contributed by atoms with E-state index in [4.69, 9.17) is 23.8 Å². The van der Waals surface area contributed by atoms with Crippen LogP contribution < -0.4 is 5.32 Å². The second-order valence-electron chi connectivity index (χ2n) is 3.07. The lowest BCUT2D eigenvalue weighted by molar-refractivity contribution is -0.115. The second kappa shape index (κ2) is 4.57. The molecular formula is C9H8ClN3OS2. The molecule has 0 atom stereocenters. The van der Waals surface area contributed by atoms with Crippen molar-refractivity contribution in [3.8, 4) is 0 Å². The Morgan fingerprint density at radius 1 is 1.75 bits per heavy atom.